The number of aryl methyl sites for hydroxylation is 2. The minimum absolute atomic E-state index is 0.0179. The van der Waals surface area contributed by atoms with E-state index in [1.54, 1.807) is 43.3 Å². The lowest BCUT2D eigenvalue weighted by Crippen LogP contribution is -2.08. The van der Waals surface area contributed by atoms with Crippen LogP contribution in [0.15, 0.2) is 79.9 Å². The van der Waals surface area contributed by atoms with Gasteiger partial charge in [0.2, 0.25) is 0 Å². The predicted molar refractivity (Wildman–Crippen MR) is 138 cm³/mol. The van der Waals surface area contributed by atoms with Crippen LogP contribution in [-0.4, -0.2) is 38.3 Å². The van der Waals surface area contributed by atoms with Gasteiger partial charge in [0.1, 0.15) is 16.3 Å². The summed E-state index contributed by atoms with van der Waals surface area (Å²) in [5.41, 5.74) is 9.53. The van der Waals surface area contributed by atoms with E-state index >= 15 is 0 Å². The Kier molecular flexibility index (Phi) is 8.70. The van der Waals surface area contributed by atoms with Gasteiger partial charge in [-0.15, -0.1) is 5.11 Å². The molecule has 0 saturated carbocycles. The van der Waals surface area contributed by atoms with Gasteiger partial charge in [0, 0.05) is 11.8 Å². The molecule has 4 N–H and O–H groups in total. The minimum Gasteiger partial charge on any atom is -0.494 e. The number of nitrogens with zero attached hydrogens (tertiary/aromatic N) is 4. The average molecular weight is 548 g/mol. The second-order valence-corrected chi connectivity index (χ2v) is 11.0. The van der Waals surface area contributed by atoms with Crippen LogP contribution in [0.5, 0.6) is 5.75 Å². The molecule has 0 aliphatic heterocycles. The van der Waals surface area contributed by atoms with Gasteiger partial charge >= 0.3 is 0 Å². The van der Waals surface area contributed by atoms with Crippen molar-refractivity contribution < 1.29 is 30.7 Å². The highest BCUT2D eigenvalue weighted by Gasteiger charge is 2.17. The monoisotopic (exact) mass is 547 g/mol. The molecule has 3 rings (SSSR count). The number of nitrogens with two attached hydrogens (primary N) is 1. The Morgan fingerprint density at radius 1 is 0.784 bits per heavy atom. The van der Waals surface area contributed by atoms with Crippen LogP contribution >= 0.6 is 0 Å². The molecule has 0 bridgehead atoms. The molecule has 0 aliphatic carbocycles. The van der Waals surface area contributed by atoms with Crippen LogP contribution in [0.2, 0.25) is 0 Å². The van der Waals surface area contributed by atoms with Crippen molar-refractivity contribution in [1.82, 2.24) is 0 Å². The number of anilines is 1. The first-order chi connectivity index (χ1) is 17.3. The van der Waals surface area contributed by atoms with Crippen LogP contribution in [0, 0.1) is 13.8 Å². The van der Waals surface area contributed by atoms with Gasteiger partial charge in [0.05, 0.1) is 29.4 Å². The van der Waals surface area contributed by atoms with E-state index in [2.05, 4.69) is 20.5 Å². The Hall–Kier alpha value is -3.72. The van der Waals surface area contributed by atoms with Gasteiger partial charge in [-0.25, -0.2) is 0 Å². The summed E-state index contributed by atoms with van der Waals surface area (Å²) in [7, 11) is -8.81. The molecule has 0 unspecified atom stereocenters. The maximum Gasteiger partial charge on any atom is 0.296 e. The second kappa shape index (κ2) is 11.6. The van der Waals surface area contributed by atoms with Crippen molar-refractivity contribution in [2.24, 2.45) is 20.5 Å². The van der Waals surface area contributed by atoms with Crippen molar-refractivity contribution in [3.05, 3.63) is 65.7 Å². The zero-order chi connectivity index (χ0) is 27.2. The first-order valence-electron chi connectivity index (χ1n) is 10.8. The van der Waals surface area contributed by atoms with Crippen LogP contribution in [0.25, 0.3) is 0 Å². The first kappa shape index (κ1) is 27.9. The topological polar surface area (TPSA) is 193 Å². The largest absolute Gasteiger partial charge is 0.494 e. The minimum atomic E-state index is -4.68. The van der Waals surface area contributed by atoms with Crippen molar-refractivity contribution in [3.63, 3.8) is 0 Å². The van der Waals surface area contributed by atoms with E-state index in [4.69, 9.17) is 15.0 Å². The molecule has 0 radical (unpaired) electrons. The Labute approximate surface area is 214 Å². The summed E-state index contributed by atoms with van der Waals surface area (Å²) in [6, 6.07) is 14.1. The van der Waals surface area contributed by atoms with Gasteiger partial charge in [-0.2, -0.15) is 32.2 Å². The van der Waals surface area contributed by atoms with Crippen LogP contribution < -0.4 is 10.5 Å². The summed E-state index contributed by atoms with van der Waals surface area (Å²) >= 11 is 0. The SMILES string of the molecule is Cc1cc(N)ccc1N=Nc1ccc(N=Nc2ccc(OCCCS(=O)(=O)O)cc2S(=O)(=O)O)c(C)c1. The number of azo groups is 2. The Morgan fingerprint density at radius 3 is 2.00 bits per heavy atom. The molecule has 12 nitrogen and oxygen atoms in total. The number of hydrogen-bond donors (Lipinski definition) is 3. The summed E-state index contributed by atoms with van der Waals surface area (Å²) in [5.74, 6) is -0.450. The summed E-state index contributed by atoms with van der Waals surface area (Å²) in [6.07, 6.45) is -0.0179. The molecule has 0 fully saturated rings. The van der Waals surface area contributed by atoms with Gasteiger partial charge in [-0.05, 0) is 79.9 Å². The van der Waals surface area contributed by atoms with Crippen LogP contribution in [-0.2, 0) is 20.2 Å². The molecule has 0 saturated heterocycles. The fourth-order valence-corrected chi connectivity index (χ4v) is 4.25. The predicted octanol–water partition coefficient (Wildman–Crippen LogP) is 5.62. The van der Waals surface area contributed by atoms with E-state index in [-0.39, 0.29) is 24.5 Å². The smallest absolute Gasteiger partial charge is 0.296 e. The van der Waals surface area contributed by atoms with Crippen molar-refractivity contribution >= 4 is 48.7 Å². The van der Waals surface area contributed by atoms with Crippen LogP contribution in [0.1, 0.15) is 17.5 Å². The van der Waals surface area contributed by atoms with Crippen molar-refractivity contribution in [2.75, 3.05) is 18.1 Å². The third kappa shape index (κ3) is 8.42. The number of benzene rings is 3. The summed E-state index contributed by atoms with van der Waals surface area (Å²) in [4.78, 5) is -0.537. The zero-order valence-electron chi connectivity index (χ0n) is 19.9. The average Bonchev–Trinajstić information content (AvgIpc) is 2.80. The second-order valence-electron chi connectivity index (χ2n) is 8.01. The van der Waals surface area contributed by atoms with E-state index in [0.717, 1.165) is 11.6 Å². The van der Waals surface area contributed by atoms with Crippen LogP contribution in [0.3, 0.4) is 0 Å². The lowest BCUT2D eigenvalue weighted by Gasteiger charge is -2.08. The lowest BCUT2D eigenvalue weighted by atomic mass is 10.2. The molecule has 14 heteroatoms. The molecule has 196 valence electrons. The first-order valence-corrected chi connectivity index (χ1v) is 13.9. The van der Waals surface area contributed by atoms with Crippen molar-refractivity contribution in [1.29, 1.82) is 0 Å². The molecule has 0 heterocycles. The molecule has 0 aromatic heterocycles. The number of rotatable bonds is 10. The maximum atomic E-state index is 11.9. The Morgan fingerprint density at radius 2 is 1.38 bits per heavy atom. The van der Waals surface area contributed by atoms with Crippen LogP contribution in [0.4, 0.5) is 28.4 Å². The number of nitrogen functional groups attached to an aromatic ring is 1. The fraction of sp³-hybridized carbons (Fsp3) is 0.217. The van der Waals surface area contributed by atoms with Crippen molar-refractivity contribution in [2.45, 2.75) is 25.2 Å². The van der Waals surface area contributed by atoms with Gasteiger partial charge in [0.25, 0.3) is 20.2 Å². The summed E-state index contributed by atoms with van der Waals surface area (Å²) in [5, 5.41) is 16.5. The number of ether oxygens (including phenoxy) is 1. The van der Waals surface area contributed by atoms with E-state index < -0.39 is 30.9 Å². The standard InChI is InChI=1S/C23H25N5O7S2/c1-15-12-17(24)4-7-20(15)26-25-18-5-8-21(16(2)13-18)27-28-22-9-6-19(14-23(22)37(32,33)34)35-10-3-11-36(29,30)31/h4-9,12-14H,3,10-11,24H2,1-2H3,(H,29,30,31)(H,32,33,34). The van der Waals surface area contributed by atoms with E-state index in [1.165, 1.54) is 12.1 Å². The molecule has 3 aromatic carbocycles. The molecule has 3 aromatic rings. The molecule has 37 heavy (non-hydrogen) atoms. The number of hydrogen-bond acceptors (Lipinski definition) is 10. The summed E-state index contributed by atoms with van der Waals surface area (Å²) < 4.78 is 69.0. The molecule has 0 atom stereocenters. The Bertz CT molecular complexity index is 1570. The van der Waals surface area contributed by atoms with Gasteiger partial charge in [-0.1, -0.05) is 0 Å². The van der Waals surface area contributed by atoms with E-state index in [9.17, 15) is 21.4 Å². The fourth-order valence-electron chi connectivity index (χ4n) is 3.13. The zero-order valence-corrected chi connectivity index (χ0v) is 21.6. The van der Waals surface area contributed by atoms with Gasteiger partial charge < -0.3 is 10.5 Å². The highest BCUT2D eigenvalue weighted by atomic mass is 32.2. The van der Waals surface area contributed by atoms with Gasteiger partial charge in [-0.3, -0.25) is 9.11 Å². The molecule has 0 amide bonds. The molecular weight excluding hydrogens is 522 g/mol. The third-order valence-electron chi connectivity index (χ3n) is 4.96. The lowest BCUT2D eigenvalue weighted by molar-refractivity contribution is 0.315. The quantitative estimate of drug-likeness (QED) is 0.126. The molecular formula is C23H25N5O7S2. The normalized spacial score (nSPS) is 12.4. The van der Waals surface area contributed by atoms with E-state index in [1.807, 2.05) is 6.92 Å². The maximum absolute atomic E-state index is 11.9. The van der Waals surface area contributed by atoms with Gasteiger partial charge in [0.15, 0.2) is 0 Å². The Balaban J connectivity index is 1.77. The highest BCUT2D eigenvalue weighted by Crippen LogP contribution is 2.32. The highest BCUT2D eigenvalue weighted by molar-refractivity contribution is 7.86. The van der Waals surface area contributed by atoms with E-state index in [0.29, 0.717) is 28.3 Å². The van der Waals surface area contributed by atoms with Crippen molar-refractivity contribution in [3.8, 4) is 5.75 Å². The third-order valence-corrected chi connectivity index (χ3v) is 6.65. The molecule has 0 aliphatic rings. The molecule has 0 spiro atoms. The summed E-state index contributed by atoms with van der Waals surface area (Å²) in [6.45, 7) is 3.55.